The van der Waals surface area contributed by atoms with Gasteiger partial charge >= 0.3 is 0 Å². The molecule has 0 amide bonds. The summed E-state index contributed by atoms with van der Waals surface area (Å²) in [7, 11) is 1.72. The van der Waals surface area contributed by atoms with Crippen molar-refractivity contribution in [3.8, 4) is 0 Å². The first kappa shape index (κ1) is 13.6. The van der Waals surface area contributed by atoms with Gasteiger partial charge in [0.2, 0.25) is 0 Å². The van der Waals surface area contributed by atoms with Crippen LogP contribution in [0.25, 0.3) is 0 Å². The van der Waals surface area contributed by atoms with E-state index < -0.39 is 0 Å². The molecule has 1 heterocycles. The highest BCUT2D eigenvalue weighted by Gasteiger charge is 2.22. The summed E-state index contributed by atoms with van der Waals surface area (Å²) in [5.74, 6) is 0. The van der Waals surface area contributed by atoms with E-state index in [0.29, 0.717) is 6.54 Å². The fourth-order valence-electron chi connectivity index (χ4n) is 1.58. The Morgan fingerprint density at radius 2 is 2.00 bits per heavy atom. The lowest BCUT2D eigenvalue weighted by atomic mass is 9.91. The van der Waals surface area contributed by atoms with Crippen molar-refractivity contribution in [3.63, 3.8) is 0 Å². The van der Waals surface area contributed by atoms with Crippen molar-refractivity contribution < 1.29 is 4.74 Å². The Kier molecular flexibility index (Phi) is 4.89. The zero-order chi connectivity index (χ0) is 12.2. The van der Waals surface area contributed by atoms with Crippen LogP contribution in [0.2, 0.25) is 0 Å². The molecule has 0 unspecified atom stereocenters. The zero-order valence-electron chi connectivity index (χ0n) is 10.7. The van der Waals surface area contributed by atoms with E-state index in [-0.39, 0.29) is 5.41 Å². The molecule has 92 valence electrons. The number of hydrogen-bond acceptors (Lipinski definition) is 4. The Bertz CT molecular complexity index is 328. The van der Waals surface area contributed by atoms with E-state index in [1.165, 1.54) is 10.6 Å². The highest BCUT2D eigenvalue weighted by atomic mass is 32.1. The summed E-state index contributed by atoms with van der Waals surface area (Å²) in [6, 6.07) is 0. The molecule has 0 saturated carbocycles. The maximum Gasteiger partial charge on any atom is 0.0954 e. The molecule has 0 atom stereocenters. The van der Waals surface area contributed by atoms with Gasteiger partial charge in [-0.3, -0.25) is 0 Å². The van der Waals surface area contributed by atoms with Crippen LogP contribution in [-0.2, 0) is 23.0 Å². The van der Waals surface area contributed by atoms with Crippen LogP contribution in [0.5, 0.6) is 0 Å². The summed E-state index contributed by atoms with van der Waals surface area (Å²) in [6.07, 6.45) is 1.83. The maximum absolute atomic E-state index is 5.64. The van der Waals surface area contributed by atoms with Crippen molar-refractivity contribution in [2.45, 2.75) is 39.0 Å². The van der Waals surface area contributed by atoms with Gasteiger partial charge in [-0.2, -0.15) is 0 Å². The van der Waals surface area contributed by atoms with Crippen LogP contribution in [0, 0.1) is 0 Å². The average molecular weight is 242 g/mol. The number of aromatic nitrogens is 1. The van der Waals surface area contributed by atoms with Gasteiger partial charge in [-0.25, -0.2) is 4.98 Å². The quantitative estimate of drug-likeness (QED) is 0.860. The van der Waals surface area contributed by atoms with Crippen LogP contribution in [0.3, 0.4) is 0 Å². The normalized spacial score (nSPS) is 12.1. The molecule has 1 rings (SSSR count). The molecule has 0 radical (unpaired) electrons. The highest BCUT2D eigenvalue weighted by Crippen LogP contribution is 2.30. The highest BCUT2D eigenvalue weighted by molar-refractivity contribution is 7.11. The third-order valence-corrected chi connectivity index (χ3v) is 3.52. The Morgan fingerprint density at radius 3 is 2.50 bits per heavy atom. The lowest BCUT2D eigenvalue weighted by molar-refractivity contribution is 0.202. The lowest BCUT2D eigenvalue weighted by Crippen LogP contribution is -2.15. The van der Waals surface area contributed by atoms with Gasteiger partial charge in [0.25, 0.3) is 0 Å². The molecule has 0 aromatic carbocycles. The fourth-order valence-corrected chi connectivity index (χ4v) is 2.86. The summed E-state index contributed by atoms with van der Waals surface area (Å²) in [5.41, 5.74) is 6.94. The molecule has 4 heteroatoms. The Hall–Kier alpha value is -0.450. The van der Waals surface area contributed by atoms with E-state index in [4.69, 9.17) is 15.5 Å². The van der Waals surface area contributed by atoms with E-state index in [1.54, 1.807) is 18.4 Å². The Morgan fingerprint density at radius 1 is 1.31 bits per heavy atom. The van der Waals surface area contributed by atoms with Crippen LogP contribution in [0.1, 0.15) is 36.3 Å². The molecule has 2 N–H and O–H groups in total. The van der Waals surface area contributed by atoms with Gasteiger partial charge in [0.15, 0.2) is 0 Å². The SMILES string of the molecule is COCCc1nc(C(C)(C)C)c(CCN)s1. The van der Waals surface area contributed by atoms with Crippen LogP contribution in [0.4, 0.5) is 0 Å². The largest absolute Gasteiger partial charge is 0.384 e. The molecule has 3 nitrogen and oxygen atoms in total. The number of thiazole rings is 1. The van der Waals surface area contributed by atoms with Gasteiger partial charge in [-0.05, 0) is 13.0 Å². The maximum atomic E-state index is 5.64. The number of nitrogens with zero attached hydrogens (tertiary/aromatic N) is 1. The van der Waals surface area contributed by atoms with E-state index in [9.17, 15) is 0 Å². The number of hydrogen-bond donors (Lipinski definition) is 1. The summed E-state index contributed by atoms with van der Waals surface area (Å²) in [4.78, 5) is 6.05. The molecule has 16 heavy (non-hydrogen) atoms. The Balaban J connectivity index is 2.91. The minimum absolute atomic E-state index is 0.103. The second kappa shape index (κ2) is 5.75. The Labute approximate surface area is 102 Å². The molecular weight excluding hydrogens is 220 g/mol. The summed E-state index contributed by atoms with van der Waals surface area (Å²) >= 11 is 1.78. The van der Waals surface area contributed by atoms with Crippen molar-refractivity contribution in [1.82, 2.24) is 4.98 Å². The first-order valence-electron chi connectivity index (χ1n) is 5.67. The topological polar surface area (TPSA) is 48.1 Å². The first-order valence-corrected chi connectivity index (χ1v) is 6.48. The van der Waals surface area contributed by atoms with Crippen molar-refractivity contribution >= 4 is 11.3 Å². The van der Waals surface area contributed by atoms with Gasteiger partial charge in [-0.15, -0.1) is 11.3 Å². The van der Waals surface area contributed by atoms with Crippen molar-refractivity contribution in [3.05, 3.63) is 15.6 Å². The second-order valence-corrected chi connectivity index (χ2v) is 6.08. The van der Waals surface area contributed by atoms with Gasteiger partial charge in [0, 0.05) is 23.8 Å². The molecule has 0 aliphatic heterocycles. The van der Waals surface area contributed by atoms with Crippen molar-refractivity contribution in [2.75, 3.05) is 20.3 Å². The molecule has 0 saturated heterocycles. The molecule has 0 bridgehead atoms. The first-order chi connectivity index (χ1) is 7.49. The van der Waals surface area contributed by atoms with E-state index in [1.807, 2.05) is 0 Å². The zero-order valence-corrected chi connectivity index (χ0v) is 11.5. The van der Waals surface area contributed by atoms with Crippen molar-refractivity contribution in [1.29, 1.82) is 0 Å². The monoisotopic (exact) mass is 242 g/mol. The molecular formula is C12H22N2OS. The molecule has 1 aromatic heterocycles. The minimum atomic E-state index is 0.103. The van der Waals surface area contributed by atoms with Gasteiger partial charge < -0.3 is 10.5 Å². The number of ether oxygens (including phenoxy) is 1. The molecule has 0 aliphatic carbocycles. The van der Waals surface area contributed by atoms with Crippen molar-refractivity contribution in [2.24, 2.45) is 5.73 Å². The van der Waals surface area contributed by atoms with Gasteiger partial charge in [0.05, 0.1) is 17.3 Å². The predicted molar refractivity (Wildman–Crippen MR) is 69.2 cm³/mol. The summed E-state index contributed by atoms with van der Waals surface area (Å²) in [6.45, 7) is 8.01. The third kappa shape index (κ3) is 3.54. The molecule has 0 spiro atoms. The molecule has 1 aromatic rings. The number of rotatable bonds is 5. The number of nitrogens with two attached hydrogens (primary N) is 1. The summed E-state index contributed by atoms with van der Waals surface area (Å²) in [5, 5.41) is 1.16. The summed E-state index contributed by atoms with van der Waals surface area (Å²) < 4.78 is 5.08. The van der Waals surface area contributed by atoms with Crippen LogP contribution >= 0.6 is 11.3 Å². The van der Waals surface area contributed by atoms with Crippen LogP contribution in [0.15, 0.2) is 0 Å². The third-order valence-electron chi connectivity index (χ3n) is 2.34. The van der Waals surface area contributed by atoms with E-state index in [2.05, 4.69) is 20.8 Å². The van der Waals surface area contributed by atoms with Gasteiger partial charge in [-0.1, -0.05) is 20.8 Å². The fraction of sp³-hybridized carbons (Fsp3) is 0.750. The van der Waals surface area contributed by atoms with E-state index in [0.717, 1.165) is 24.5 Å². The lowest BCUT2D eigenvalue weighted by Gasteiger charge is -2.17. The second-order valence-electron chi connectivity index (χ2n) is 4.91. The van der Waals surface area contributed by atoms with E-state index >= 15 is 0 Å². The van der Waals surface area contributed by atoms with Crippen LogP contribution < -0.4 is 5.73 Å². The standard InChI is InChI=1S/C12H22N2OS/c1-12(2,3)11-9(5-7-13)16-10(14-11)6-8-15-4/h5-8,13H2,1-4H3. The van der Waals surface area contributed by atoms with Gasteiger partial charge in [0.1, 0.15) is 0 Å². The minimum Gasteiger partial charge on any atom is -0.384 e. The smallest absolute Gasteiger partial charge is 0.0954 e. The van der Waals surface area contributed by atoms with Crippen LogP contribution in [-0.4, -0.2) is 25.2 Å². The number of methoxy groups -OCH3 is 1. The molecule has 0 fully saturated rings. The molecule has 0 aliphatic rings. The average Bonchev–Trinajstić information content (AvgIpc) is 2.58. The predicted octanol–water partition coefficient (Wildman–Crippen LogP) is 2.13.